The predicted octanol–water partition coefficient (Wildman–Crippen LogP) is 0.778. The van der Waals surface area contributed by atoms with Gasteiger partial charge in [-0.3, -0.25) is 4.79 Å². The van der Waals surface area contributed by atoms with E-state index in [2.05, 4.69) is 15.6 Å². The molecular weight excluding hydrogens is 218 g/mol. The third kappa shape index (κ3) is 2.91. The van der Waals surface area contributed by atoms with E-state index in [0.717, 1.165) is 25.9 Å². The van der Waals surface area contributed by atoms with Crippen LogP contribution in [-0.4, -0.2) is 34.1 Å². The maximum absolute atomic E-state index is 12.1. The summed E-state index contributed by atoms with van der Waals surface area (Å²) >= 11 is 0. The molecule has 17 heavy (non-hydrogen) atoms. The molecule has 0 unspecified atom stereocenters. The molecule has 0 bridgehead atoms. The molecule has 0 aliphatic carbocycles. The largest absolute Gasteiger partial charge is 0.337 e. The Balaban J connectivity index is 2.06. The van der Waals surface area contributed by atoms with Crippen LogP contribution in [0.5, 0.6) is 0 Å². The number of hydrogen-bond donors (Lipinski definition) is 2. The van der Waals surface area contributed by atoms with E-state index in [1.807, 2.05) is 4.90 Å². The molecule has 1 aromatic heterocycles. The smallest absolute Gasteiger partial charge is 0.274 e. The minimum atomic E-state index is -0.0389. The number of amides is 1. The Morgan fingerprint density at radius 1 is 1.18 bits per heavy atom. The SMILES string of the molecule is NNc1ccc(C(=O)N2CCCCCC2)nn1. The van der Waals surface area contributed by atoms with E-state index in [-0.39, 0.29) is 5.91 Å². The van der Waals surface area contributed by atoms with Crippen LogP contribution in [0.1, 0.15) is 36.2 Å². The van der Waals surface area contributed by atoms with Crippen LogP contribution in [-0.2, 0) is 0 Å². The topological polar surface area (TPSA) is 84.1 Å². The molecule has 1 aliphatic rings. The number of nitrogens with two attached hydrogens (primary N) is 1. The maximum Gasteiger partial charge on any atom is 0.274 e. The Kier molecular flexibility index (Phi) is 3.87. The molecule has 2 rings (SSSR count). The number of nitrogen functional groups attached to an aromatic ring is 1. The summed E-state index contributed by atoms with van der Waals surface area (Å²) in [5, 5.41) is 7.67. The average Bonchev–Trinajstić information content (AvgIpc) is 2.67. The summed E-state index contributed by atoms with van der Waals surface area (Å²) in [7, 11) is 0. The summed E-state index contributed by atoms with van der Waals surface area (Å²) in [4.78, 5) is 14.0. The zero-order valence-electron chi connectivity index (χ0n) is 9.72. The lowest BCUT2D eigenvalue weighted by Crippen LogP contribution is -2.32. The first-order valence-electron chi connectivity index (χ1n) is 5.91. The van der Waals surface area contributed by atoms with Crippen LogP contribution in [0.15, 0.2) is 12.1 Å². The quantitative estimate of drug-likeness (QED) is 0.584. The minimum Gasteiger partial charge on any atom is -0.337 e. The molecule has 2 heterocycles. The molecule has 0 aromatic carbocycles. The molecule has 0 atom stereocenters. The fourth-order valence-electron chi connectivity index (χ4n) is 1.96. The highest BCUT2D eigenvalue weighted by atomic mass is 16.2. The van der Waals surface area contributed by atoms with Gasteiger partial charge in [0.2, 0.25) is 0 Å². The van der Waals surface area contributed by atoms with Gasteiger partial charge in [-0.15, -0.1) is 10.2 Å². The number of carbonyl (C=O) groups excluding carboxylic acids is 1. The Morgan fingerprint density at radius 2 is 1.88 bits per heavy atom. The van der Waals surface area contributed by atoms with Gasteiger partial charge >= 0.3 is 0 Å². The van der Waals surface area contributed by atoms with Gasteiger partial charge in [-0.05, 0) is 25.0 Å². The third-order valence-electron chi connectivity index (χ3n) is 2.92. The lowest BCUT2D eigenvalue weighted by molar-refractivity contribution is 0.0754. The van der Waals surface area contributed by atoms with E-state index in [1.54, 1.807) is 12.1 Å². The molecule has 1 amide bonds. The average molecular weight is 235 g/mol. The van der Waals surface area contributed by atoms with Crippen LogP contribution in [0.4, 0.5) is 5.82 Å². The number of aromatic nitrogens is 2. The van der Waals surface area contributed by atoms with E-state index in [1.165, 1.54) is 12.8 Å². The van der Waals surface area contributed by atoms with Crippen LogP contribution in [0, 0.1) is 0 Å². The Morgan fingerprint density at radius 3 is 2.41 bits per heavy atom. The summed E-state index contributed by atoms with van der Waals surface area (Å²) in [6.07, 6.45) is 4.54. The van der Waals surface area contributed by atoms with Gasteiger partial charge in [0.25, 0.3) is 5.91 Å². The second-order valence-electron chi connectivity index (χ2n) is 4.15. The molecule has 6 heteroatoms. The summed E-state index contributed by atoms with van der Waals surface area (Å²) in [6, 6.07) is 3.30. The first kappa shape index (κ1) is 11.8. The number of hydrazine groups is 1. The van der Waals surface area contributed by atoms with Gasteiger partial charge in [-0.1, -0.05) is 12.8 Å². The van der Waals surface area contributed by atoms with Crippen molar-refractivity contribution in [1.82, 2.24) is 15.1 Å². The molecule has 92 valence electrons. The van der Waals surface area contributed by atoms with Crippen LogP contribution in [0.3, 0.4) is 0 Å². The van der Waals surface area contributed by atoms with Crippen molar-refractivity contribution in [2.24, 2.45) is 5.84 Å². The van der Waals surface area contributed by atoms with Gasteiger partial charge < -0.3 is 10.3 Å². The molecule has 0 saturated carbocycles. The van der Waals surface area contributed by atoms with E-state index < -0.39 is 0 Å². The van der Waals surface area contributed by atoms with Crippen LogP contribution in [0.2, 0.25) is 0 Å². The summed E-state index contributed by atoms with van der Waals surface area (Å²) < 4.78 is 0. The monoisotopic (exact) mass is 235 g/mol. The minimum absolute atomic E-state index is 0.0389. The van der Waals surface area contributed by atoms with E-state index in [9.17, 15) is 4.79 Å². The van der Waals surface area contributed by atoms with Gasteiger partial charge in [-0.25, -0.2) is 5.84 Å². The number of hydrogen-bond acceptors (Lipinski definition) is 5. The van der Waals surface area contributed by atoms with Crippen molar-refractivity contribution in [3.63, 3.8) is 0 Å². The molecule has 0 spiro atoms. The molecule has 3 N–H and O–H groups in total. The van der Waals surface area contributed by atoms with Gasteiger partial charge in [0.1, 0.15) is 0 Å². The second-order valence-corrected chi connectivity index (χ2v) is 4.15. The van der Waals surface area contributed by atoms with Crippen molar-refractivity contribution in [3.8, 4) is 0 Å². The fraction of sp³-hybridized carbons (Fsp3) is 0.545. The number of anilines is 1. The second kappa shape index (κ2) is 5.58. The van der Waals surface area contributed by atoms with E-state index in [4.69, 9.17) is 5.84 Å². The Labute approximate surface area is 100 Å². The van der Waals surface area contributed by atoms with E-state index in [0.29, 0.717) is 11.5 Å². The standard InChI is InChI=1S/C11H17N5O/c12-13-10-6-5-9(14-15-10)11(17)16-7-3-1-2-4-8-16/h5-6H,1-4,7-8,12H2,(H,13,15). The van der Waals surface area contributed by atoms with Crippen molar-refractivity contribution in [2.75, 3.05) is 18.5 Å². The molecule has 1 saturated heterocycles. The zero-order valence-corrected chi connectivity index (χ0v) is 9.72. The maximum atomic E-state index is 12.1. The normalized spacial score (nSPS) is 16.4. The highest BCUT2D eigenvalue weighted by molar-refractivity contribution is 5.92. The molecular formula is C11H17N5O. The van der Waals surface area contributed by atoms with Crippen LogP contribution in [0.25, 0.3) is 0 Å². The highest BCUT2D eigenvalue weighted by Gasteiger charge is 2.18. The van der Waals surface area contributed by atoms with Crippen molar-refractivity contribution in [1.29, 1.82) is 0 Å². The predicted molar refractivity (Wildman–Crippen MR) is 64.2 cm³/mol. The molecule has 1 aliphatic heterocycles. The summed E-state index contributed by atoms with van der Waals surface area (Å²) in [5.41, 5.74) is 2.76. The molecule has 1 fully saturated rings. The number of rotatable bonds is 2. The van der Waals surface area contributed by atoms with Crippen molar-refractivity contribution in [2.45, 2.75) is 25.7 Å². The van der Waals surface area contributed by atoms with Gasteiger partial charge in [0.15, 0.2) is 11.5 Å². The van der Waals surface area contributed by atoms with Crippen LogP contribution < -0.4 is 11.3 Å². The summed E-state index contributed by atoms with van der Waals surface area (Å²) in [6.45, 7) is 1.63. The van der Waals surface area contributed by atoms with Crippen molar-refractivity contribution >= 4 is 11.7 Å². The highest BCUT2D eigenvalue weighted by Crippen LogP contribution is 2.12. The molecule has 1 aromatic rings. The Hall–Kier alpha value is -1.69. The number of carbonyl (C=O) groups is 1. The zero-order chi connectivity index (χ0) is 12.1. The molecule has 0 radical (unpaired) electrons. The summed E-state index contributed by atoms with van der Waals surface area (Å²) in [5.74, 6) is 5.61. The van der Waals surface area contributed by atoms with E-state index >= 15 is 0 Å². The molecule has 6 nitrogen and oxygen atoms in total. The third-order valence-corrected chi connectivity index (χ3v) is 2.92. The first-order valence-corrected chi connectivity index (χ1v) is 5.91. The van der Waals surface area contributed by atoms with Crippen LogP contribution >= 0.6 is 0 Å². The fourth-order valence-corrected chi connectivity index (χ4v) is 1.96. The van der Waals surface area contributed by atoms with Gasteiger partial charge in [-0.2, -0.15) is 0 Å². The lowest BCUT2D eigenvalue weighted by Gasteiger charge is -2.19. The van der Waals surface area contributed by atoms with Crippen molar-refractivity contribution in [3.05, 3.63) is 17.8 Å². The van der Waals surface area contributed by atoms with Gasteiger partial charge in [0.05, 0.1) is 0 Å². The number of nitrogens with one attached hydrogen (secondary N) is 1. The number of likely N-dealkylation sites (tertiary alicyclic amines) is 1. The Bertz CT molecular complexity index is 370. The van der Waals surface area contributed by atoms with Crippen molar-refractivity contribution < 1.29 is 4.79 Å². The van der Waals surface area contributed by atoms with Gasteiger partial charge in [0, 0.05) is 13.1 Å². The number of nitrogens with zero attached hydrogens (tertiary/aromatic N) is 3. The lowest BCUT2D eigenvalue weighted by atomic mass is 10.2. The first-order chi connectivity index (χ1) is 8.31.